The average Bonchev–Trinajstić information content (AvgIpc) is 2.13. The maximum atomic E-state index is 10.9. The van der Waals surface area contributed by atoms with Crippen molar-refractivity contribution in [2.24, 2.45) is 0 Å². The van der Waals surface area contributed by atoms with E-state index in [0.29, 0.717) is 19.6 Å². The summed E-state index contributed by atoms with van der Waals surface area (Å²) in [6, 6.07) is 0. The molecule has 0 aliphatic carbocycles. The minimum Gasteiger partial charge on any atom is -0.450 e. The summed E-state index contributed by atoms with van der Waals surface area (Å²) in [5.41, 5.74) is 0. The van der Waals surface area contributed by atoms with Crippen LogP contribution in [-0.4, -0.2) is 31.0 Å². The lowest BCUT2D eigenvalue weighted by Gasteiger charge is -2.05. The highest BCUT2D eigenvalue weighted by Gasteiger charge is 1.98. The molecule has 0 aliphatic rings. The SMILES string of the molecule is CCCCNC(=O)OCCCCO. The van der Waals surface area contributed by atoms with Crippen molar-refractivity contribution in [2.75, 3.05) is 19.8 Å². The van der Waals surface area contributed by atoms with Gasteiger partial charge in [-0.1, -0.05) is 13.3 Å². The van der Waals surface area contributed by atoms with Crippen LogP contribution < -0.4 is 5.32 Å². The van der Waals surface area contributed by atoms with Crippen LogP contribution in [0.1, 0.15) is 32.6 Å². The van der Waals surface area contributed by atoms with Gasteiger partial charge in [0.05, 0.1) is 6.61 Å². The standard InChI is InChI=1S/C9H19NO3/c1-2-3-6-10-9(12)13-8-5-4-7-11/h11H,2-8H2,1H3,(H,10,12). The molecule has 0 aliphatic heterocycles. The summed E-state index contributed by atoms with van der Waals surface area (Å²) in [5.74, 6) is 0. The summed E-state index contributed by atoms with van der Waals surface area (Å²) in [5, 5.41) is 11.1. The van der Waals surface area contributed by atoms with Crippen LogP contribution in [0, 0.1) is 0 Å². The zero-order valence-corrected chi connectivity index (χ0v) is 8.21. The summed E-state index contributed by atoms with van der Waals surface area (Å²) in [4.78, 5) is 10.9. The van der Waals surface area contributed by atoms with E-state index in [0.717, 1.165) is 19.3 Å². The first-order valence-electron chi connectivity index (χ1n) is 4.82. The van der Waals surface area contributed by atoms with Gasteiger partial charge in [0, 0.05) is 13.2 Å². The lowest BCUT2D eigenvalue weighted by Crippen LogP contribution is -2.25. The van der Waals surface area contributed by atoms with Crippen LogP contribution in [0.15, 0.2) is 0 Å². The molecule has 4 nitrogen and oxygen atoms in total. The fourth-order valence-electron chi connectivity index (χ4n) is 0.797. The maximum absolute atomic E-state index is 10.9. The first kappa shape index (κ1) is 12.2. The van der Waals surface area contributed by atoms with Gasteiger partial charge in [0.2, 0.25) is 0 Å². The summed E-state index contributed by atoms with van der Waals surface area (Å²) < 4.78 is 4.83. The zero-order chi connectivity index (χ0) is 9.94. The Hall–Kier alpha value is -0.770. The van der Waals surface area contributed by atoms with E-state index < -0.39 is 0 Å². The van der Waals surface area contributed by atoms with Crippen molar-refractivity contribution in [3.8, 4) is 0 Å². The number of hydrogen-bond acceptors (Lipinski definition) is 3. The lowest BCUT2D eigenvalue weighted by molar-refractivity contribution is 0.141. The van der Waals surface area contributed by atoms with E-state index in [9.17, 15) is 4.79 Å². The molecule has 0 atom stereocenters. The Morgan fingerprint density at radius 2 is 2.15 bits per heavy atom. The van der Waals surface area contributed by atoms with Crippen LogP contribution in [0.25, 0.3) is 0 Å². The number of unbranched alkanes of at least 4 members (excludes halogenated alkanes) is 2. The molecule has 2 N–H and O–H groups in total. The smallest absolute Gasteiger partial charge is 0.407 e. The minimum absolute atomic E-state index is 0.154. The molecule has 0 bridgehead atoms. The molecular weight excluding hydrogens is 170 g/mol. The predicted molar refractivity (Wildman–Crippen MR) is 50.6 cm³/mol. The number of hydrogen-bond donors (Lipinski definition) is 2. The van der Waals surface area contributed by atoms with Gasteiger partial charge in [0.25, 0.3) is 0 Å². The Balaban J connectivity index is 3.11. The van der Waals surface area contributed by atoms with Gasteiger partial charge in [-0.15, -0.1) is 0 Å². The van der Waals surface area contributed by atoms with Crippen LogP contribution in [0.3, 0.4) is 0 Å². The number of carbonyl (C=O) groups is 1. The van der Waals surface area contributed by atoms with Gasteiger partial charge in [-0.2, -0.15) is 0 Å². The van der Waals surface area contributed by atoms with Gasteiger partial charge in [-0.3, -0.25) is 0 Å². The van der Waals surface area contributed by atoms with Crippen LogP contribution in [0.4, 0.5) is 4.79 Å². The van der Waals surface area contributed by atoms with Crippen molar-refractivity contribution in [2.45, 2.75) is 32.6 Å². The second-order valence-corrected chi connectivity index (χ2v) is 2.85. The van der Waals surface area contributed by atoms with Crippen LogP contribution in [-0.2, 0) is 4.74 Å². The van der Waals surface area contributed by atoms with E-state index in [2.05, 4.69) is 12.2 Å². The highest BCUT2D eigenvalue weighted by molar-refractivity contribution is 5.66. The molecule has 13 heavy (non-hydrogen) atoms. The Bertz CT molecular complexity index is 128. The third-order valence-corrected chi connectivity index (χ3v) is 1.59. The molecule has 0 aromatic carbocycles. The molecule has 4 heteroatoms. The van der Waals surface area contributed by atoms with Gasteiger partial charge in [0.15, 0.2) is 0 Å². The monoisotopic (exact) mass is 189 g/mol. The third-order valence-electron chi connectivity index (χ3n) is 1.59. The fourth-order valence-corrected chi connectivity index (χ4v) is 0.797. The first-order valence-corrected chi connectivity index (χ1v) is 4.82. The number of amides is 1. The summed E-state index contributed by atoms with van der Waals surface area (Å²) >= 11 is 0. The third kappa shape index (κ3) is 9.14. The second-order valence-electron chi connectivity index (χ2n) is 2.85. The summed E-state index contributed by atoms with van der Waals surface area (Å²) in [7, 11) is 0. The van der Waals surface area contributed by atoms with Gasteiger partial charge in [0.1, 0.15) is 0 Å². The van der Waals surface area contributed by atoms with E-state index in [-0.39, 0.29) is 12.7 Å². The normalized spacial score (nSPS) is 9.69. The molecule has 0 aromatic rings. The Morgan fingerprint density at radius 1 is 1.38 bits per heavy atom. The van der Waals surface area contributed by atoms with Gasteiger partial charge >= 0.3 is 6.09 Å². The molecule has 1 amide bonds. The molecular formula is C9H19NO3. The quantitative estimate of drug-likeness (QED) is 0.593. The number of carbonyl (C=O) groups excluding carboxylic acids is 1. The van der Waals surface area contributed by atoms with Gasteiger partial charge < -0.3 is 15.2 Å². The molecule has 0 saturated heterocycles. The molecule has 78 valence electrons. The topological polar surface area (TPSA) is 58.6 Å². The largest absolute Gasteiger partial charge is 0.450 e. The number of ether oxygens (including phenoxy) is 1. The number of aliphatic hydroxyl groups excluding tert-OH is 1. The molecule has 0 spiro atoms. The molecule has 0 fully saturated rings. The van der Waals surface area contributed by atoms with Gasteiger partial charge in [-0.05, 0) is 19.3 Å². The van der Waals surface area contributed by atoms with Crippen LogP contribution in [0.2, 0.25) is 0 Å². The Morgan fingerprint density at radius 3 is 2.77 bits per heavy atom. The van der Waals surface area contributed by atoms with E-state index in [1.165, 1.54) is 0 Å². The molecule has 0 unspecified atom stereocenters. The second kappa shape index (κ2) is 9.32. The maximum Gasteiger partial charge on any atom is 0.407 e. The lowest BCUT2D eigenvalue weighted by atomic mass is 10.3. The highest BCUT2D eigenvalue weighted by atomic mass is 16.5. The van der Waals surface area contributed by atoms with Crippen molar-refractivity contribution in [3.63, 3.8) is 0 Å². The summed E-state index contributed by atoms with van der Waals surface area (Å²) in [6.45, 7) is 3.28. The van der Waals surface area contributed by atoms with Crippen LogP contribution >= 0.6 is 0 Å². The van der Waals surface area contributed by atoms with Crippen molar-refractivity contribution in [1.82, 2.24) is 5.32 Å². The van der Waals surface area contributed by atoms with E-state index in [1.807, 2.05) is 0 Å². The zero-order valence-electron chi connectivity index (χ0n) is 8.21. The number of alkyl carbamates (subject to hydrolysis) is 1. The van der Waals surface area contributed by atoms with Crippen molar-refractivity contribution in [1.29, 1.82) is 0 Å². The van der Waals surface area contributed by atoms with Crippen molar-refractivity contribution in [3.05, 3.63) is 0 Å². The molecule has 0 saturated carbocycles. The van der Waals surface area contributed by atoms with Crippen LogP contribution in [0.5, 0.6) is 0 Å². The number of rotatable bonds is 7. The average molecular weight is 189 g/mol. The fraction of sp³-hybridized carbons (Fsp3) is 0.889. The predicted octanol–water partition coefficient (Wildman–Crippen LogP) is 1.29. The number of nitrogens with one attached hydrogen (secondary N) is 1. The highest BCUT2D eigenvalue weighted by Crippen LogP contribution is 1.89. The molecule has 0 radical (unpaired) electrons. The Kier molecular flexibility index (Phi) is 8.77. The van der Waals surface area contributed by atoms with Crippen molar-refractivity contribution < 1.29 is 14.6 Å². The van der Waals surface area contributed by atoms with Crippen molar-refractivity contribution >= 4 is 6.09 Å². The Labute approximate surface area is 79.3 Å². The van der Waals surface area contributed by atoms with E-state index >= 15 is 0 Å². The summed E-state index contributed by atoms with van der Waals surface area (Å²) in [6.07, 6.45) is 3.09. The van der Waals surface area contributed by atoms with Gasteiger partial charge in [-0.25, -0.2) is 4.79 Å². The van der Waals surface area contributed by atoms with E-state index in [1.54, 1.807) is 0 Å². The molecule has 0 aromatic heterocycles. The molecule has 0 rings (SSSR count). The number of aliphatic hydroxyl groups is 1. The minimum atomic E-state index is -0.355. The van der Waals surface area contributed by atoms with E-state index in [4.69, 9.17) is 9.84 Å². The molecule has 0 heterocycles. The first-order chi connectivity index (χ1) is 6.31.